The highest BCUT2D eigenvalue weighted by Crippen LogP contribution is 2.29. The first kappa shape index (κ1) is 23.4. The van der Waals surface area contributed by atoms with E-state index in [1.54, 1.807) is 0 Å². The van der Waals surface area contributed by atoms with Crippen molar-refractivity contribution in [1.29, 1.82) is 0 Å². The first-order chi connectivity index (χ1) is 10.9. The molecule has 0 spiro atoms. The summed E-state index contributed by atoms with van der Waals surface area (Å²) in [5, 5.41) is 7.74. The van der Waals surface area contributed by atoms with Crippen molar-refractivity contribution < 1.29 is 13.2 Å². The third-order valence-corrected chi connectivity index (χ3v) is 4.02. The Morgan fingerprint density at radius 2 is 2.04 bits per heavy atom. The van der Waals surface area contributed by atoms with Crippen molar-refractivity contribution in [3.05, 3.63) is 16.1 Å². The van der Waals surface area contributed by atoms with Crippen LogP contribution >= 0.6 is 35.3 Å². The lowest BCUT2D eigenvalue weighted by atomic mass is 10.4. The predicted molar refractivity (Wildman–Crippen MR) is 103 cm³/mol. The van der Waals surface area contributed by atoms with Crippen molar-refractivity contribution in [3.8, 4) is 0 Å². The molecule has 0 atom stereocenters. The van der Waals surface area contributed by atoms with Gasteiger partial charge in [-0.1, -0.05) is 6.92 Å². The number of hydrogen-bond donors (Lipinski definition) is 2. The van der Waals surface area contributed by atoms with Crippen LogP contribution in [0, 0.1) is 0 Å². The van der Waals surface area contributed by atoms with Crippen molar-refractivity contribution in [2.24, 2.45) is 4.99 Å². The Morgan fingerprint density at radius 1 is 1.33 bits per heavy atom. The van der Waals surface area contributed by atoms with Crippen LogP contribution in [0.2, 0.25) is 0 Å². The van der Waals surface area contributed by atoms with Crippen molar-refractivity contribution in [3.63, 3.8) is 0 Å². The Balaban J connectivity index is 0.00000529. The minimum absolute atomic E-state index is 0. The molecule has 1 aromatic heterocycles. The molecule has 0 fully saturated rings. The van der Waals surface area contributed by atoms with E-state index in [2.05, 4.69) is 32.4 Å². The van der Waals surface area contributed by atoms with E-state index < -0.39 is 11.9 Å². The van der Waals surface area contributed by atoms with Crippen LogP contribution in [-0.2, 0) is 12.6 Å². The fourth-order valence-electron chi connectivity index (χ4n) is 1.68. The maximum Gasteiger partial charge on any atom is 0.434 e. The van der Waals surface area contributed by atoms with Gasteiger partial charge in [-0.25, -0.2) is 4.98 Å². The Labute approximate surface area is 162 Å². The molecule has 0 saturated carbocycles. The molecule has 0 amide bonds. The van der Waals surface area contributed by atoms with E-state index in [4.69, 9.17) is 0 Å². The van der Waals surface area contributed by atoms with Crippen molar-refractivity contribution in [2.45, 2.75) is 26.4 Å². The maximum atomic E-state index is 12.5. The summed E-state index contributed by atoms with van der Waals surface area (Å²) in [6, 6.07) is 0. The number of halogens is 4. The number of nitrogens with zero attached hydrogens (tertiary/aromatic N) is 3. The summed E-state index contributed by atoms with van der Waals surface area (Å²) in [6.45, 7) is 7.74. The molecular weight excluding hydrogens is 454 g/mol. The minimum Gasteiger partial charge on any atom is -0.357 e. The van der Waals surface area contributed by atoms with Gasteiger partial charge in [0.25, 0.3) is 0 Å². The summed E-state index contributed by atoms with van der Waals surface area (Å²) in [6.07, 6.45) is -3.94. The summed E-state index contributed by atoms with van der Waals surface area (Å²) in [7, 11) is 2.02. The van der Waals surface area contributed by atoms with E-state index in [1.165, 1.54) is 0 Å². The van der Waals surface area contributed by atoms with E-state index in [-0.39, 0.29) is 24.0 Å². The molecule has 1 aromatic rings. The molecular formula is C14H25F3IN5S. The zero-order valence-electron chi connectivity index (χ0n) is 14.1. The monoisotopic (exact) mass is 479 g/mol. The molecule has 0 aromatic carbocycles. The predicted octanol–water partition coefficient (Wildman–Crippen LogP) is 2.83. The zero-order chi connectivity index (χ0) is 17.3. The topological polar surface area (TPSA) is 52.6 Å². The highest BCUT2D eigenvalue weighted by atomic mass is 127. The second-order valence-electron chi connectivity index (χ2n) is 4.96. The molecule has 0 aliphatic carbocycles. The van der Waals surface area contributed by atoms with Crippen LogP contribution in [0.4, 0.5) is 13.2 Å². The largest absolute Gasteiger partial charge is 0.434 e. The number of aromatic nitrogens is 1. The molecule has 140 valence electrons. The van der Waals surface area contributed by atoms with Gasteiger partial charge in [-0.3, -0.25) is 4.99 Å². The minimum atomic E-state index is -4.37. The van der Waals surface area contributed by atoms with Crippen LogP contribution in [-0.4, -0.2) is 55.6 Å². The quantitative estimate of drug-likeness (QED) is 0.342. The lowest BCUT2D eigenvalue weighted by molar-refractivity contribution is -0.140. The number of alkyl halides is 3. The molecule has 0 radical (unpaired) electrons. The summed E-state index contributed by atoms with van der Waals surface area (Å²) >= 11 is 1.03. The molecule has 24 heavy (non-hydrogen) atoms. The molecule has 0 aliphatic heterocycles. The SMILES string of the molecule is CCNC(=NCCN(C)CC)NCCc1nc(C(F)(F)F)cs1.I. The average molecular weight is 479 g/mol. The second kappa shape index (κ2) is 11.9. The standard InChI is InChI=1S/C14H24F3N5S.HI/c1-4-18-13(20-8-9-22(3)5-2)19-7-6-12-21-11(10-23-12)14(15,16)17;/h10H,4-9H2,1-3H3,(H2,18,19,20);1H. The van der Waals surface area contributed by atoms with Crippen LogP contribution in [0.5, 0.6) is 0 Å². The van der Waals surface area contributed by atoms with Gasteiger partial charge in [-0.05, 0) is 20.5 Å². The van der Waals surface area contributed by atoms with E-state index in [0.29, 0.717) is 30.5 Å². The van der Waals surface area contributed by atoms with Gasteiger partial charge < -0.3 is 15.5 Å². The number of thiazole rings is 1. The Bertz CT molecular complexity index is 493. The number of rotatable bonds is 8. The van der Waals surface area contributed by atoms with Gasteiger partial charge >= 0.3 is 6.18 Å². The second-order valence-corrected chi connectivity index (χ2v) is 5.90. The first-order valence-electron chi connectivity index (χ1n) is 7.59. The summed E-state index contributed by atoms with van der Waals surface area (Å²) in [4.78, 5) is 10.2. The summed E-state index contributed by atoms with van der Waals surface area (Å²) in [5.74, 6) is 0.671. The molecule has 0 saturated heterocycles. The third-order valence-electron chi connectivity index (χ3n) is 3.11. The van der Waals surface area contributed by atoms with Gasteiger partial charge in [0, 0.05) is 31.4 Å². The first-order valence-corrected chi connectivity index (χ1v) is 8.47. The van der Waals surface area contributed by atoms with Crippen LogP contribution in [0.3, 0.4) is 0 Å². The Hall–Kier alpha value is -0.620. The molecule has 2 N–H and O–H groups in total. The smallest absolute Gasteiger partial charge is 0.357 e. The van der Waals surface area contributed by atoms with Gasteiger partial charge in [0.15, 0.2) is 11.7 Å². The number of hydrogen-bond acceptors (Lipinski definition) is 4. The normalized spacial score (nSPS) is 12.2. The molecule has 5 nitrogen and oxygen atoms in total. The number of aliphatic imine (C=N–C) groups is 1. The van der Waals surface area contributed by atoms with E-state index in [1.807, 2.05) is 14.0 Å². The fourth-order valence-corrected chi connectivity index (χ4v) is 2.48. The van der Waals surface area contributed by atoms with E-state index in [0.717, 1.165) is 36.4 Å². The van der Waals surface area contributed by atoms with Crippen molar-refractivity contribution >= 4 is 41.3 Å². The Morgan fingerprint density at radius 3 is 2.58 bits per heavy atom. The van der Waals surface area contributed by atoms with Gasteiger partial charge in [0.2, 0.25) is 0 Å². The number of guanidine groups is 1. The highest BCUT2D eigenvalue weighted by Gasteiger charge is 2.33. The molecule has 0 unspecified atom stereocenters. The number of nitrogens with one attached hydrogen (secondary N) is 2. The highest BCUT2D eigenvalue weighted by molar-refractivity contribution is 14.0. The zero-order valence-corrected chi connectivity index (χ0v) is 17.3. The Kier molecular flexibility index (Phi) is 11.5. The van der Waals surface area contributed by atoms with E-state index in [9.17, 15) is 13.2 Å². The maximum absolute atomic E-state index is 12.5. The number of likely N-dealkylation sites (N-methyl/N-ethyl adjacent to an activating group) is 1. The molecule has 1 rings (SSSR count). The third kappa shape index (κ3) is 9.02. The lowest BCUT2D eigenvalue weighted by Gasteiger charge is -2.14. The molecule has 0 aliphatic rings. The average Bonchev–Trinajstić information content (AvgIpc) is 2.96. The van der Waals surface area contributed by atoms with Crippen LogP contribution in [0.25, 0.3) is 0 Å². The molecule has 1 heterocycles. The van der Waals surface area contributed by atoms with Crippen molar-refractivity contribution in [2.75, 3.05) is 39.8 Å². The lowest BCUT2D eigenvalue weighted by Crippen LogP contribution is -2.39. The summed E-state index contributed by atoms with van der Waals surface area (Å²) in [5.41, 5.74) is -0.819. The van der Waals surface area contributed by atoms with E-state index >= 15 is 0 Å². The van der Waals surface area contributed by atoms with Crippen LogP contribution in [0.1, 0.15) is 24.5 Å². The van der Waals surface area contributed by atoms with Gasteiger partial charge in [-0.2, -0.15) is 13.2 Å². The molecule has 10 heteroatoms. The van der Waals surface area contributed by atoms with Crippen molar-refractivity contribution in [1.82, 2.24) is 20.5 Å². The van der Waals surface area contributed by atoms with Gasteiger partial charge in [-0.15, -0.1) is 35.3 Å². The van der Waals surface area contributed by atoms with Gasteiger partial charge in [0.05, 0.1) is 11.6 Å². The summed E-state index contributed by atoms with van der Waals surface area (Å²) < 4.78 is 37.4. The fraction of sp³-hybridized carbons (Fsp3) is 0.714. The molecule has 0 bridgehead atoms. The van der Waals surface area contributed by atoms with Crippen LogP contribution < -0.4 is 10.6 Å². The van der Waals surface area contributed by atoms with Gasteiger partial charge in [0.1, 0.15) is 0 Å². The van der Waals surface area contributed by atoms with Crippen LogP contribution in [0.15, 0.2) is 10.4 Å².